The molecule has 1 heterocycles. The maximum absolute atomic E-state index is 12.5. The molecule has 24 heavy (non-hydrogen) atoms. The lowest BCUT2D eigenvalue weighted by molar-refractivity contribution is -0.137. The second kappa shape index (κ2) is 10.8. The topological polar surface area (TPSA) is 81.8 Å². The molecule has 0 saturated carbocycles. The van der Waals surface area contributed by atoms with Gasteiger partial charge in [-0.15, -0.1) is 24.0 Å². The number of hydrogen-bond donors (Lipinski definition) is 2. The minimum absolute atomic E-state index is 0. The van der Waals surface area contributed by atoms with Gasteiger partial charge in [0.2, 0.25) is 5.88 Å². The summed E-state index contributed by atoms with van der Waals surface area (Å²) in [6.45, 7) is 2.60. The molecule has 1 atom stereocenters. The number of guanidine groups is 1. The summed E-state index contributed by atoms with van der Waals surface area (Å²) in [6, 6.07) is 0.755. The Balaban J connectivity index is 0.00000529. The van der Waals surface area contributed by atoms with Crippen LogP contribution in [0.5, 0.6) is 5.88 Å². The summed E-state index contributed by atoms with van der Waals surface area (Å²) in [6.07, 6.45) is -3.84. The van der Waals surface area contributed by atoms with Gasteiger partial charge in [0.05, 0.1) is 18.7 Å². The summed E-state index contributed by atoms with van der Waals surface area (Å²) in [5.74, 6) is 0.124. The van der Waals surface area contributed by atoms with Gasteiger partial charge in [-0.05, 0) is 13.0 Å². The number of hydrogen-bond acceptors (Lipinski definition) is 4. The van der Waals surface area contributed by atoms with Crippen molar-refractivity contribution in [1.82, 2.24) is 10.3 Å². The third kappa shape index (κ3) is 8.20. The van der Waals surface area contributed by atoms with Crippen molar-refractivity contribution in [3.63, 3.8) is 0 Å². The number of aliphatic imine (C=N–C) groups is 1. The Morgan fingerprint density at radius 2 is 2.17 bits per heavy atom. The van der Waals surface area contributed by atoms with Crippen LogP contribution in [0.1, 0.15) is 12.5 Å². The first kappa shape index (κ1) is 23.0. The van der Waals surface area contributed by atoms with Crippen LogP contribution in [0, 0.1) is 0 Å². The van der Waals surface area contributed by atoms with Crippen LogP contribution in [-0.2, 0) is 10.9 Å². The van der Waals surface area contributed by atoms with Crippen molar-refractivity contribution in [3.05, 3.63) is 22.8 Å². The first-order valence-electron chi connectivity index (χ1n) is 6.65. The number of pyridine rings is 1. The van der Waals surface area contributed by atoms with E-state index in [4.69, 9.17) is 26.8 Å². The van der Waals surface area contributed by atoms with E-state index in [9.17, 15) is 13.2 Å². The number of nitrogens with zero attached hydrogens (tertiary/aromatic N) is 2. The van der Waals surface area contributed by atoms with Crippen LogP contribution < -0.4 is 15.8 Å². The van der Waals surface area contributed by atoms with Gasteiger partial charge in [0.1, 0.15) is 11.6 Å². The molecule has 11 heteroatoms. The fraction of sp³-hybridized carbons (Fsp3) is 0.538. The lowest BCUT2D eigenvalue weighted by Crippen LogP contribution is -2.40. The molecule has 138 valence electrons. The normalized spacial score (nSPS) is 13.2. The van der Waals surface area contributed by atoms with Gasteiger partial charge in [-0.1, -0.05) is 11.6 Å². The highest BCUT2D eigenvalue weighted by Gasteiger charge is 2.31. The Morgan fingerprint density at radius 3 is 2.71 bits per heavy atom. The lowest BCUT2D eigenvalue weighted by Gasteiger charge is -2.13. The summed E-state index contributed by atoms with van der Waals surface area (Å²) in [7, 11) is 1.57. The Hall–Kier alpha value is -1.01. The Morgan fingerprint density at radius 1 is 1.50 bits per heavy atom. The van der Waals surface area contributed by atoms with E-state index in [1.807, 2.05) is 6.92 Å². The maximum atomic E-state index is 12.5. The third-order valence-corrected chi connectivity index (χ3v) is 2.83. The van der Waals surface area contributed by atoms with E-state index in [1.54, 1.807) is 7.11 Å². The lowest BCUT2D eigenvalue weighted by atomic mass is 10.3. The molecule has 0 spiro atoms. The standard InChI is InChI=1S/C13H18ClF3N4O2.HI/c1-8(7-22-2)21-12(18)19-3-4-23-11-10(14)5-9(6-20-11)13(15,16)17;/h5-6,8H,3-4,7H2,1-2H3,(H3,18,19,21);1H. The van der Waals surface area contributed by atoms with Crippen LogP contribution in [0.4, 0.5) is 13.2 Å². The van der Waals surface area contributed by atoms with Gasteiger partial charge >= 0.3 is 6.18 Å². The van der Waals surface area contributed by atoms with E-state index < -0.39 is 11.7 Å². The molecule has 1 rings (SSSR count). The van der Waals surface area contributed by atoms with Crippen molar-refractivity contribution in [2.24, 2.45) is 10.7 Å². The fourth-order valence-electron chi connectivity index (χ4n) is 1.58. The average molecular weight is 483 g/mol. The Bertz CT molecular complexity index is 546. The van der Waals surface area contributed by atoms with E-state index in [0.717, 1.165) is 6.07 Å². The average Bonchev–Trinajstić information content (AvgIpc) is 2.44. The third-order valence-electron chi connectivity index (χ3n) is 2.56. The van der Waals surface area contributed by atoms with Crippen LogP contribution in [0.15, 0.2) is 17.3 Å². The highest BCUT2D eigenvalue weighted by atomic mass is 127. The van der Waals surface area contributed by atoms with Crippen LogP contribution in [0.25, 0.3) is 0 Å². The number of nitrogens with two attached hydrogens (primary N) is 1. The molecule has 1 unspecified atom stereocenters. The van der Waals surface area contributed by atoms with Gasteiger partial charge in [0.15, 0.2) is 5.96 Å². The van der Waals surface area contributed by atoms with Gasteiger partial charge in [0, 0.05) is 19.3 Å². The molecular weight excluding hydrogens is 464 g/mol. The highest BCUT2D eigenvalue weighted by Crippen LogP contribution is 2.32. The van der Waals surface area contributed by atoms with Crippen LogP contribution in [0.2, 0.25) is 5.02 Å². The molecule has 0 amide bonds. The molecule has 3 N–H and O–H groups in total. The summed E-state index contributed by atoms with van der Waals surface area (Å²) in [5.41, 5.74) is 4.71. The van der Waals surface area contributed by atoms with Crippen molar-refractivity contribution in [2.45, 2.75) is 19.1 Å². The van der Waals surface area contributed by atoms with Gasteiger partial charge in [-0.3, -0.25) is 0 Å². The zero-order valence-corrected chi connectivity index (χ0v) is 16.1. The summed E-state index contributed by atoms with van der Waals surface area (Å²) < 4.78 is 47.5. The predicted molar refractivity (Wildman–Crippen MR) is 96.1 cm³/mol. The van der Waals surface area contributed by atoms with Gasteiger partial charge in [0.25, 0.3) is 0 Å². The molecule has 1 aromatic heterocycles. The summed E-state index contributed by atoms with van der Waals surface area (Å²) >= 11 is 5.71. The molecule has 0 aliphatic heterocycles. The quantitative estimate of drug-likeness (QED) is 0.270. The SMILES string of the molecule is COCC(C)NC(N)=NCCOc1ncc(C(F)(F)F)cc1Cl.I. The number of ether oxygens (including phenoxy) is 2. The second-order valence-electron chi connectivity index (χ2n) is 4.62. The van der Waals surface area contributed by atoms with E-state index in [0.29, 0.717) is 12.8 Å². The van der Waals surface area contributed by atoms with Crippen molar-refractivity contribution in [2.75, 3.05) is 26.9 Å². The molecule has 0 aliphatic rings. The van der Waals surface area contributed by atoms with Gasteiger partial charge in [-0.2, -0.15) is 13.2 Å². The van der Waals surface area contributed by atoms with Crippen LogP contribution >= 0.6 is 35.6 Å². The van der Waals surface area contributed by atoms with Crippen LogP contribution in [-0.4, -0.2) is 43.9 Å². The first-order valence-corrected chi connectivity index (χ1v) is 7.02. The molecule has 0 saturated heterocycles. The monoisotopic (exact) mass is 482 g/mol. The molecule has 0 bridgehead atoms. The van der Waals surface area contributed by atoms with E-state index in [-0.39, 0.29) is 60.0 Å². The van der Waals surface area contributed by atoms with Crippen molar-refractivity contribution in [1.29, 1.82) is 0 Å². The molecule has 6 nitrogen and oxygen atoms in total. The number of alkyl halides is 3. The number of halogens is 5. The Labute approximate surface area is 160 Å². The maximum Gasteiger partial charge on any atom is 0.417 e. The first-order chi connectivity index (χ1) is 10.7. The Kier molecular flexibility index (Phi) is 10.3. The molecule has 0 aliphatic carbocycles. The predicted octanol–water partition coefficient (Wildman–Crippen LogP) is 2.69. The summed E-state index contributed by atoms with van der Waals surface area (Å²) in [4.78, 5) is 7.55. The number of methoxy groups -OCH3 is 1. The van der Waals surface area contributed by atoms with Crippen molar-refractivity contribution < 1.29 is 22.6 Å². The minimum Gasteiger partial charge on any atom is -0.475 e. The van der Waals surface area contributed by atoms with Crippen molar-refractivity contribution >= 4 is 41.5 Å². The van der Waals surface area contributed by atoms with E-state index >= 15 is 0 Å². The molecule has 0 fully saturated rings. The van der Waals surface area contributed by atoms with Gasteiger partial charge in [-0.25, -0.2) is 9.98 Å². The zero-order chi connectivity index (χ0) is 17.5. The molecule has 1 aromatic rings. The van der Waals surface area contributed by atoms with E-state index in [1.165, 1.54) is 0 Å². The minimum atomic E-state index is -4.50. The van der Waals surface area contributed by atoms with E-state index in [2.05, 4.69) is 15.3 Å². The molecule has 0 aromatic carbocycles. The zero-order valence-electron chi connectivity index (χ0n) is 13.1. The van der Waals surface area contributed by atoms with Crippen molar-refractivity contribution in [3.8, 4) is 5.88 Å². The molecular formula is C13H19ClF3IN4O2. The molecule has 0 radical (unpaired) electrons. The number of nitrogens with one attached hydrogen (secondary N) is 1. The van der Waals surface area contributed by atoms with Crippen LogP contribution in [0.3, 0.4) is 0 Å². The summed E-state index contributed by atoms with van der Waals surface area (Å²) in [5, 5.41) is 2.68. The smallest absolute Gasteiger partial charge is 0.417 e. The second-order valence-corrected chi connectivity index (χ2v) is 5.03. The fourth-order valence-corrected chi connectivity index (χ4v) is 1.81. The number of rotatable bonds is 7. The van der Waals surface area contributed by atoms with Gasteiger partial charge < -0.3 is 20.5 Å². The highest BCUT2D eigenvalue weighted by molar-refractivity contribution is 14.0. The largest absolute Gasteiger partial charge is 0.475 e. The number of aromatic nitrogens is 1.